The van der Waals surface area contributed by atoms with Crippen LogP contribution in [-0.2, 0) is 11.2 Å². The molecule has 0 aliphatic carbocycles. The third-order valence-corrected chi connectivity index (χ3v) is 5.20. The monoisotopic (exact) mass is 374 g/mol. The summed E-state index contributed by atoms with van der Waals surface area (Å²) in [5, 5.41) is 50.1. The van der Waals surface area contributed by atoms with Crippen molar-refractivity contribution in [3.63, 3.8) is 0 Å². The second-order valence-corrected chi connectivity index (χ2v) is 7.25. The van der Waals surface area contributed by atoms with E-state index in [0.29, 0.717) is 12.0 Å². The summed E-state index contributed by atoms with van der Waals surface area (Å²) < 4.78 is 5.59. The zero-order valence-corrected chi connectivity index (χ0v) is 15.4. The molecule has 6 nitrogen and oxygen atoms in total. The number of phenols is 1. The van der Waals surface area contributed by atoms with Crippen LogP contribution in [0, 0.1) is 13.8 Å². The maximum absolute atomic E-state index is 10.4. The van der Waals surface area contributed by atoms with Crippen LogP contribution in [0.15, 0.2) is 36.4 Å². The second-order valence-electron chi connectivity index (χ2n) is 7.25. The standard InChI is InChI=1S/C21H26O6/c1-11-3-5-13(6-4-11)8-14-9-15(16(23)7-12(14)2)21-20(26)19(25)18(24)17(10-22)27-21/h3-7,9,17-26H,8,10H2,1-2H3/t17-,18+,19+,20-,21+/m1/s1. The van der Waals surface area contributed by atoms with E-state index in [1.54, 1.807) is 12.1 Å². The van der Waals surface area contributed by atoms with Crippen LogP contribution >= 0.6 is 0 Å². The fraction of sp³-hybridized carbons (Fsp3) is 0.429. The molecule has 5 N–H and O–H groups in total. The zero-order chi connectivity index (χ0) is 19.7. The molecule has 146 valence electrons. The molecule has 1 aliphatic heterocycles. The molecule has 2 aromatic rings. The Hall–Kier alpha value is -1.96. The second kappa shape index (κ2) is 7.96. The van der Waals surface area contributed by atoms with Gasteiger partial charge in [0.1, 0.15) is 36.3 Å². The van der Waals surface area contributed by atoms with Crippen molar-refractivity contribution in [3.05, 3.63) is 64.2 Å². The molecular formula is C21H26O6. The summed E-state index contributed by atoms with van der Waals surface area (Å²) in [5.41, 5.74) is 4.43. The first-order chi connectivity index (χ1) is 12.8. The van der Waals surface area contributed by atoms with Crippen molar-refractivity contribution >= 4 is 0 Å². The Morgan fingerprint density at radius 1 is 0.926 bits per heavy atom. The molecule has 1 saturated heterocycles. The van der Waals surface area contributed by atoms with Crippen LogP contribution in [0.5, 0.6) is 5.75 Å². The van der Waals surface area contributed by atoms with E-state index in [9.17, 15) is 25.5 Å². The topological polar surface area (TPSA) is 110 Å². The molecule has 2 aromatic carbocycles. The maximum Gasteiger partial charge on any atom is 0.121 e. The largest absolute Gasteiger partial charge is 0.508 e. The molecule has 1 aliphatic rings. The first-order valence-electron chi connectivity index (χ1n) is 9.00. The van der Waals surface area contributed by atoms with Gasteiger partial charge in [0.25, 0.3) is 0 Å². The van der Waals surface area contributed by atoms with Gasteiger partial charge in [-0.1, -0.05) is 29.8 Å². The number of aryl methyl sites for hydroxylation is 2. The normalized spacial score (nSPS) is 28.3. The van der Waals surface area contributed by atoms with Crippen molar-refractivity contribution in [1.29, 1.82) is 0 Å². The summed E-state index contributed by atoms with van der Waals surface area (Å²) >= 11 is 0. The van der Waals surface area contributed by atoms with E-state index in [-0.39, 0.29) is 5.75 Å². The van der Waals surface area contributed by atoms with Crippen LogP contribution < -0.4 is 0 Å². The molecule has 0 spiro atoms. The number of benzene rings is 2. The summed E-state index contributed by atoms with van der Waals surface area (Å²) in [5.74, 6) is -0.0653. The number of phenolic OH excluding ortho intramolecular Hbond substituents is 1. The van der Waals surface area contributed by atoms with Gasteiger partial charge in [0.15, 0.2) is 0 Å². The molecule has 0 radical (unpaired) electrons. The zero-order valence-electron chi connectivity index (χ0n) is 15.4. The van der Waals surface area contributed by atoms with Gasteiger partial charge in [-0.05, 0) is 49.1 Å². The van der Waals surface area contributed by atoms with Crippen molar-refractivity contribution in [3.8, 4) is 5.75 Å². The van der Waals surface area contributed by atoms with Gasteiger partial charge in [-0.2, -0.15) is 0 Å². The highest BCUT2D eigenvalue weighted by Crippen LogP contribution is 2.38. The van der Waals surface area contributed by atoms with E-state index in [2.05, 4.69) is 0 Å². The summed E-state index contributed by atoms with van der Waals surface area (Å²) in [4.78, 5) is 0. The van der Waals surface area contributed by atoms with Crippen molar-refractivity contribution in [2.24, 2.45) is 0 Å². The lowest BCUT2D eigenvalue weighted by Crippen LogP contribution is -2.55. The first kappa shape index (κ1) is 19.8. The number of ether oxygens (including phenoxy) is 1. The number of rotatable bonds is 4. The quantitative estimate of drug-likeness (QED) is 0.548. The molecule has 0 amide bonds. The van der Waals surface area contributed by atoms with E-state index in [0.717, 1.165) is 16.7 Å². The molecule has 6 heteroatoms. The Morgan fingerprint density at radius 3 is 2.22 bits per heavy atom. The lowest BCUT2D eigenvalue weighted by molar-refractivity contribution is -0.232. The fourth-order valence-electron chi connectivity index (χ4n) is 3.46. The highest BCUT2D eigenvalue weighted by atomic mass is 16.5. The molecule has 0 bridgehead atoms. The molecule has 27 heavy (non-hydrogen) atoms. The molecule has 3 rings (SSSR count). The van der Waals surface area contributed by atoms with Gasteiger partial charge in [0.2, 0.25) is 0 Å². The van der Waals surface area contributed by atoms with Crippen molar-refractivity contribution in [1.82, 2.24) is 0 Å². The predicted molar refractivity (Wildman–Crippen MR) is 99.5 cm³/mol. The van der Waals surface area contributed by atoms with Crippen molar-refractivity contribution in [2.75, 3.05) is 6.61 Å². The maximum atomic E-state index is 10.4. The minimum Gasteiger partial charge on any atom is -0.508 e. The van der Waals surface area contributed by atoms with Crippen molar-refractivity contribution < 1.29 is 30.3 Å². The minimum absolute atomic E-state index is 0.0653. The molecule has 0 unspecified atom stereocenters. The van der Waals surface area contributed by atoms with E-state index < -0.39 is 37.1 Å². The molecule has 0 saturated carbocycles. The molecule has 5 atom stereocenters. The van der Waals surface area contributed by atoms with Crippen LogP contribution in [0.25, 0.3) is 0 Å². The summed E-state index contributed by atoms with van der Waals surface area (Å²) in [6.45, 7) is 3.40. The summed E-state index contributed by atoms with van der Waals surface area (Å²) in [7, 11) is 0. The third kappa shape index (κ3) is 4.00. The number of hydrogen-bond donors (Lipinski definition) is 5. The number of aliphatic hydroxyl groups is 4. The summed E-state index contributed by atoms with van der Waals surface area (Å²) in [6.07, 6.45) is -5.78. The summed E-state index contributed by atoms with van der Waals surface area (Å²) in [6, 6.07) is 11.5. The predicted octanol–water partition coefficient (Wildman–Crippen LogP) is 1.11. The number of hydrogen-bond acceptors (Lipinski definition) is 6. The van der Waals surface area contributed by atoms with Crippen LogP contribution in [0.3, 0.4) is 0 Å². The molecule has 1 heterocycles. The van der Waals surface area contributed by atoms with Crippen LogP contribution in [0.4, 0.5) is 0 Å². The van der Waals surface area contributed by atoms with E-state index in [1.165, 1.54) is 5.56 Å². The van der Waals surface area contributed by atoms with Crippen LogP contribution in [0.1, 0.15) is 33.9 Å². The molecule has 0 aromatic heterocycles. The minimum atomic E-state index is -1.48. The van der Waals surface area contributed by atoms with E-state index >= 15 is 0 Å². The Bertz CT molecular complexity index is 786. The Kier molecular flexibility index (Phi) is 5.83. The molecule has 1 fully saturated rings. The van der Waals surface area contributed by atoms with Crippen LogP contribution in [0.2, 0.25) is 0 Å². The van der Waals surface area contributed by atoms with Gasteiger partial charge in [0, 0.05) is 5.56 Å². The lowest BCUT2D eigenvalue weighted by Gasteiger charge is -2.40. The third-order valence-electron chi connectivity index (χ3n) is 5.20. The van der Waals surface area contributed by atoms with E-state index in [1.807, 2.05) is 38.1 Å². The lowest BCUT2D eigenvalue weighted by atomic mass is 9.88. The fourth-order valence-corrected chi connectivity index (χ4v) is 3.46. The van der Waals surface area contributed by atoms with Gasteiger partial charge >= 0.3 is 0 Å². The van der Waals surface area contributed by atoms with Gasteiger partial charge < -0.3 is 30.3 Å². The van der Waals surface area contributed by atoms with Crippen molar-refractivity contribution in [2.45, 2.75) is 50.8 Å². The average molecular weight is 374 g/mol. The van der Waals surface area contributed by atoms with E-state index in [4.69, 9.17) is 4.74 Å². The average Bonchev–Trinajstić information content (AvgIpc) is 2.64. The highest BCUT2D eigenvalue weighted by Gasteiger charge is 2.44. The SMILES string of the molecule is Cc1ccc(Cc2cc([C@@H]3O[C@H](CO)[C@H](O)[C@H](O)[C@H]3O)c(O)cc2C)cc1. The molecular weight excluding hydrogens is 348 g/mol. The van der Waals surface area contributed by atoms with Gasteiger partial charge in [-0.15, -0.1) is 0 Å². The first-order valence-corrected chi connectivity index (χ1v) is 9.00. The Morgan fingerprint density at radius 2 is 1.59 bits per heavy atom. The van der Waals surface area contributed by atoms with Gasteiger partial charge in [-0.3, -0.25) is 0 Å². The number of aliphatic hydroxyl groups excluding tert-OH is 4. The van der Waals surface area contributed by atoms with Gasteiger partial charge in [-0.25, -0.2) is 0 Å². The Balaban J connectivity index is 1.94. The smallest absolute Gasteiger partial charge is 0.121 e. The highest BCUT2D eigenvalue weighted by molar-refractivity contribution is 5.45. The van der Waals surface area contributed by atoms with Gasteiger partial charge in [0.05, 0.1) is 6.61 Å². The van der Waals surface area contributed by atoms with Crippen LogP contribution in [-0.4, -0.2) is 56.6 Å². The Labute approximate surface area is 158 Å². The number of aromatic hydroxyl groups is 1.